The minimum atomic E-state index is 0.797. The molecule has 1 nitrogen and oxygen atoms in total. The zero-order valence-corrected chi connectivity index (χ0v) is 8.22. The predicted molar refractivity (Wildman–Crippen MR) is 56.7 cm³/mol. The smallest absolute Gasteiger partial charge is 0.0421 e. The lowest BCUT2D eigenvalue weighted by atomic mass is 10.0. The fourth-order valence-corrected chi connectivity index (χ4v) is 1.79. The molecule has 0 spiro atoms. The lowest BCUT2D eigenvalue weighted by molar-refractivity contribution is 0.738. The fraction of sp³-hybridized carbons (Fsp3) is 0.364. The average Bonchev–Trinajstić information content (AvgIpc) is 2.19. The van der Waals surface area contributed by atoms with Gasteiger partial charge in [-0.3, -0.25) is 4.99 Å². The molecule has 0 N–H and O–H groups in total. The highest BCUT2D eigenvalue weighted by molar-refractivity contribution is 6.31. The zero-order chi connectivity index (χ0) is 9.10. The minimum Gasteiger partial charge on any atom is -0.289 e. The van der Waals surface area contributed by atoms with Crippen molar-refractivity contribution < 1.29 is 0 Å². The van der Waals surface area contributed by atoms with Crippen LogP contribution >= 0.6 is 11.6 Å². The second-order valence-corrected chi connectivity index (χ2v) is 3.73. The molecular formula is C11H12ClN. The van der Waals surface area contributed by atoms with Crippen LogP contribution in [0, 0.1) is 0 Å². The van der Waals surface area contributed by atoms with Gasteiger partial charge in [0.1, 0.15) is 0 Å². The van der Waals surface area contributed by atoms with Crippen LogP contribution in [0.1, 0.15) is 24.8 Å². The van der Waals surface area contributed by atoms with Crippen molar-refractivity contribution in [3.05, 3.63) is 34.9 Å². The van der Waals surface area contributed by atoms with E-state index in [4.69, 9.17) is 11.6 Å². The van der Waals surface area contributed by atoms with Gasteiger partial charge in [-0.1, -0.05) is 23.7 Å². The Balaban J connectivity index is 2.29. The first-order valence-electron chi connectivity index (χ1n) is 4.65. The summed E-state index contributed by atoms with van der Waals surface area (Å²) in [6, 6.07) is 7.95. The van der Waals surface area contributed by atoms with Gasteiger partial charge in [0.15, 0.2) is 0 Å². The van der Waals surface area contributed by atoms with Crippen molar-refractivity contribution in [1.29, 1.82) is 0 Å². The second kappa shape index (κ2) is 3.93. The number of aliphatic imine (C=N–C) groups is 1. The summed E-state index contributed by atoms with van der Waals surface area (Å²) < 4.78 is 0. The SMILES string of the molecule is Clc1cccc(C2=NCCCC2)c1. The fourth-order valence-electron chi connectivity index (χ4n) is 1.60. The Morgan fingerprint density at radius 1 is 1.23 bits per heavy atom. The van der Waals surface area contributed by atoms with Crippen LogP contribution in [0.25, 0.3) is 0 Å². The van der Waals surface area contributed by atoms with Crippen LogP contribution in [0.5, 0.6) is 0 Å². The van der Waals surface area contributed by atoms with Crippen LogP contribution in [0.2, 0.25) is 5.02 Å². The van der Waals surface area contributed by atoms with Crippen LogP contribution in [-0.4, -0.2) is 12.3 Å². The van der Waals surface area contributed by atoms with Gasteiger partial charge in [-0.2, -0.15) is 0 Å². The highest BCUT2D eigenvalue weighted by Crippen LogP contribution is 2.16. The standard InChI is InChI=1S/C11H12ClN/c12-10-5-3-4-9(8-10)11-6-1-2-7-13-11/h3-5,8H,1-2,6-7H2. The molecule has 0 bridgehead atoms. The van der Waals surface area contributed by atoms with Gasteiger partial charge in [-0.25, -0.2) is 0 Å². The third kappa shape index (κ3) is 2.10. The number of halogens is 1. The van der Waals surface area contributed by atoms with Crippen molar-refractivity contribution in [2.24, 2.45) is 4.99 Å². The van der Waals surface area contributed by atoms with E-state index in [2.05, 4.69) is 11.1 Å². The van der Waals surface area contributed by atoms with Crippen LogP contribution < -0.4 is 0 Å². The van der Waals surface area contributed by atoms with Gasteiger partial charge >= 0.3 is 0 Å². The lowest BCUT2D eigenvalue weighted by Crippen LogP contribution is -2.07. The summed E-state index contributed by atoms with van der Waals surface area (Å²) in [6.45, 7) is 0.974. The van der Waals surface area contributed by atoms with Crippen molar-refractivity contribution in [2.75, 3.05) is 6.54 Å². The highest BCUT2D eigenvalue weighted by Gasteiger charge is 2.07. The van der Waals surface area contributed by atoms with Crippen molar-refractivity contribution >= 4 is 17.3 Å². The Bertz CT molecular complexity index is 331. The first kappa shape index (κ1) is 8.76. The molecule has 0 aromatic heterocycles. The molecule has 0 atom stereocenters. The van der Waals surface area contributed by atoms with E-state index in [9.17, 15) is 0 Å². The maximum absolute atomic E-state index is 5.91. The summed E-state index contributed by atoms with van der Waals surface area (Å²) in [5.41, 5.74) is 2.40. The predicted octanol–water partition coefficient (Wildman–Crippen LogP) is 3.31. The molecule has 0 aliphatic carbocycles. The average molecular weight is 194 g/mol. The Kier molecular flexibility index (Phi) is 2.65. The Hall–Kier alpha value is -0.820. The minimum absolute atomic E-state index is 0.797. The molecule has 1 aliphatic heterocycles. The topological polar surface area (TPSA) is 12.4 Å². The molecule has 68 valence electrons. The van der Waals surface area contributed by atoms with Crippen LogP contribution in [0.3, 0.4) is 0 Å². The normalized spacial score (nSPS) is 16.8. The molecule has 13 heavy (non-hydrogen) atoms. The molecule has 0 saturated heterocycles. The van der Waals surface area contributed by atoms with Gasteiger partial charge in [0.2, 0.25) is 0 Å². The van der Waals surface area contributed by atoms with E-state index in [1.165, 1.54) is 24.1 Å². The van der Waals surface area contributed by atoms with Crippen molar-refractivity contribution in [1.82, 2.24) is 0 Å². The number of hydrogen-bond donors (Lipinski definition) is 0. The second-order valence-electron chi connectivity index (χ2n) is 3.30. The Morgan fingerprint density at radius 2 is 2.15 bits per heavy atom. The third-order valence-corrected chi connectivity index (χ3v) is 2.52. The van der Waals surface area contributed by atoms with Gasteiger partial charge in [-0.05, 0) is 37.0 Å². The van der Waals surface area contributed by atoms with E-state index in [1.807, 2.05) is 18.2 Å². The molecule has 0 amide bonds. The molecule has 1 aromatic rings. The third-order valence-electron chi connectivity index (χ3n) is 2.28. The maximum atomic E-state index is 5.91. The summed E-state index contributed by atoms with van der Waals surface area (Å²) in [7, 11) is 0. The van der Waals surface area contributed by atoms with Gasteiger partial charge < -0.3 is 0 Å². The van der Waals surface area contributed by atoms with E-state index < -0.39 is 0 Å². The number of benzene rings is 1. The summed E-state index contributed by atoms with van der Waals surface area (Å²) in [5, 5.41) is 0.797. The molecule has 2 heteroatoms. The monoisotopic (exact) mass is 193 g/mol. The summed E-state index contributed by atoms with van der Waals surface area (Å²) in [4.78, 5) is 4.50. The first-order chi connectivity index (χ1) is 6.36. The van der Waals surface area contributed by atoms with E-state index >= 15 is 0 Å². The molecule has 0 unspecified atom stereocenters. The Morgan fingerprint density at radius 3 is 2.85 bits per heavy atom. The molecule has 2 rings (SSSR count). The van der Waals surface area contributed by atoms with Crippen molar-refractivity contribution in [2.45, 2.75) is 19.3 Å². The van der Waals surface area contributed by atoms with Crippen LogP contribution in [0.4, 0.5) is 0 Å². The summed E-state index contributed by atoms with van der Waals surface area (Å²) >= 11 is 5.91. The lowest BCUT2D eigenvalue weighted by Gasteiger charge is -2.11. The summed E-state index contributed by atoms with van der Waals surface area (Å²) in [6.07, 6.45) is 3.58. The Labute approximate surface area is 83.4 Å². The van der Waals surface area contributed by atoms with Gasteiger partial charge in [0.25, 0.3) is 0 Å². The first-order valence-corrected chi connectivity index (χ1v) is 5.03. The molecule has 1 aliphatic rings. The number of rotatable bonds is 1. The molecule has 1 aromatic carbocycles. The maximum Gasteiger partial charge on any atom is 0.0421 e. The van der Waals surface area contributed by atoms with Gasteiger partial charge in [0.05, 0.1) is 0 Å². The van der Waals surface area contributed by atoms with Gasteiger partial charge in [0, 0.05) is 17.3 Å². The molecule has 1 heterocycles. The molecule has 0 radical (unpaired) electrons. The van der Waals surface area contributed by atoms with Gasteiger partial charge in [-0.15, -0.1) is 0 Å². The van der Waals surface area contributed by atoms with E-state index in [-0.39, 0.29) is 0 Å². The van der Waals surface area contributed by atoms with E-state index in [1.54, 1.807) is 0 Å². The summed E-state index contributed by atoms with van der Waals surface area (Å²) in [5.74, 6) is 0. The molecular weight excluding hydrogens is 182 g/mol. The molecule has 0 fully saturated rings. The zero-order valence-electron chi connectivity index (χ0n) is 7.46. The van der Waals surface area contributed by atoms with Crippen molar-refractivity contribution in [3.8, 4) is 0 Å². The van der Waals surface area contributed by atoms with E-state index in [0.29, 0.717) is 0 Å². The van der Waals surface area contributed by atoms with Crippen LogP contribution in [0.15, 0.2) is 29.3 Å². The number of nitrogens with zero attached hydrogens (tertiary/aromatic N) is 1. The van der Waals surface area contributed by atoms with Crippen LogP contribution in [-0.2, 0) is 0 Å². The molecule has 0 saturated carbocycles. The van der Waals surface area contributed by atoms with Crippen molar-refractivity contribution in [3.63, 3.8) is 0 Å². The number of hydrogen-bond acceptors (Lipinski definition) is 1. The largest absolute Gasteiger partial charge is 0.289 e. The highest BCUT2D eigenvalue weighted by atomic mass is 35.5. The quantitative estimate of drug-likeness (QED) is 0.649. The van der Waals surface area contributed by atoms with E-state index in [0.717, 1.165) is 18.0 Å².